The third kappa shape index (κ3) is 2.96. The van der Waals surface area contributed by atoms with Crippen molar-refractivity contribution in [2.24, 2.45) is 0 Å². The van der Waals surface area contributed by atoms with E-state index in [1.54, 1.807) is 0 Å². The van der Waals surface area contributed by atoms with Crippen molar-refractivity contribution >= 4 is 5.82 Å². The number of hydrogen-bond donors (Lipinski definition) is 1. The van der Waals surface area contributed by atoms with Gasteiger partial charge in [0.25, 0.3) is 0 Å². The summed E-state index contributed by atoms with van der Waals surface area (Å²) < 4.78 is 0. The molecule has 0 radical (unpaired) electrons. The van der Waals surface area contributed by atoms with Crippen molar-refractivity contribution in [3.63, 3.8) is 0 Å². The molecule has 1 aliphatic heterocycles. The molecule has 0 bridgehead atoms. The first-order chi connectivity index (χ1) is 8.20. The molecule has 17 heavy (non-hydrogen) atoms. The van der Waals surface area contributed by atoms with Crippen LogP contribution in [-0.2, 0) is 6.61 Å². The van der Waals surface area contributed by atoms with Crippen LogP contribution >= 0.6 is 0 Å². The molecule has 1 aromatic rings. The molecule has 4 nitrogen and oxygen atoms in total. The van der Waals surface area contributed by atoms with Crippen molar-refractivity contribution in [2.75, 3.05) is 32.1 Å². The van der Waals surface area contributed by atoms with Gasteiger partial charge in [0.05, 0.1) is 12.3 Å². The van der Waals surface area contributed by atoms with Crippen LogP contribution in [-0.4, -0.2) is 48.2 Å². The maximum atomic E-state index is 9.08. The highest BCUT2D eigenvalue weighted by molar-refractivity contribution is 5.38. The van der Waals surface area contributed by atoms with Crippen LogP contribution in [0, 0.1) is 0 Å². The summed E-state index contributed by atoms with van der Waals surface area (Å²) >= 11 is 0. The van der Waals surface area contributed by atoms with Gasteiger partial charge in [-0.05, 0) is 38.6 Å². The normalized spacial score (nSPS) is 20.8. The van der Waals surface area contributed by atoms with Crippen molar-refractivity contribution in [1.29, 1.82) is 0 Å². The number of likely N-dealkylation sites (N-methyl/N-ethyl adjacent to an activating group) is 2. The Morgan fingerprint density at radius 1 is 1.53 bits per heavy atom. The summed E-state index contributed by atoms with van der Waals surface area (Å²) in [6.07, 6.45) is 2.56. The summed E-state index contributed by atoms with van der Waals surface area (Å²) in [5.41, 5.74) is 0.731. The van der Waals surface area contributed by atoms with E-state index >= 15 is 0 Å². The van der Waals surface area contributed by atoms with Crippen LogP contribution in [0.5, 0.6) is 0 Å². The zero-order chi connectivity index (χ0) is 12.3. The smallest absolute Gasteiger partial charge is 0.128 e. The molecule has 1 unspecified atom stereocenters. The highest BCUT2D eigenvalue weighted by atomic mass is 16.3. The second-order valence-corrected chi connectivity index (χ2v) is 4.80. The number of likely N-dealkylation sites (tertiary alicyclic amines) is 1. The Balaban J connectivity index is 2.00. The molecular weight excluding hydrogens is 214 g/mol. The standard InChI is InChI=1S/C13H21N3O/c1-15-8-4-6-12(15)9-16(2)13-7-3-5-11(10-17)14-13/h3,5,7,12,17H,4,6,8-10H2,1-2H3. The van der Waals surface area contributed by atoms with E-state index < -0.39 is 0 Å². The quantitative estimate of drug-likeness (QED) is 0.848. The monoisotopic (exact) mass is 235 g/mol. The summed E-state index contributed by atoms with van der Waals surface area (Å²) in [5, 5.41) is 9.08. The molecule has 1 atom stereocenters. The SMILES string of the molecule is CN(CC1CCCN1C)c1cccc(CO)n1. The second kappa shape index (κ2) is 5.47. The van der Waals surface area contributed by atoms with E-state index in [1.165, 1.54) is 19.4 Å². The number of anilines is 1. The first kappa shape index (κ1) is 12.3. The number of pyridine rings is 1. The van der Waals surface area contributed by atoms with Gasteiger partial charge < -0.3 is 14.9 Å². The van der Waals surface area contributed by atoms with Crippen LogP contribution in [0.3, 0.4) is 0 Å². The van der Waals surface area contributed by atoms with Gasteiger partial charge in [-0.15, -0.1) is 0 Å². The molecule has 1 fully saturated rings. The van der Waals surface area contributed by atoms with Gasteiger partial charge in [-0.1, -0.05) is 6.07 Å². The Morgan fingerprint density at radius 2 is 2.35 bits per heavy atom. The lowest BCUT2D eigenvalue weighted by atomic mass is 10.2. The topological polar surface area (TPSA) is 39.6 Å². The fourth-order valence-electron chi connectivity index (χ4n) is 2.39. The van der Waals surface area contributed by atoms with Crippen LogP contribution in [0.2, 0.25) is 0 Å². The van der Waals surface area contributed by atoms with Gasteiger partial charge in [-0.25, -0.2) is 4.98 Å². The highest BCUT2D eigenvalue weighted by Gasteiger charge is 2.22. The van der Waals surface area contributed by atoms with Crippen LogP contribution in [0.4, 0.5) is 5.82 Å². The Bertz CT molecular complexity index is 369. The maximum absolute atomic E-state index is 9.08. The largest absolute Gasteiger partial charge is 0.390 e. The van der Waals surface area contributed by atoms with E-state index in [9.17, 15) is 0 Å². The number of rotatable bonds is 4. The molecular formula is C13H21N3O. The van der Waals surface area contributed by atoms with Crippen molar-refractivity contribution < 1.29 is 5.11 Å². The van der Waals surface area contributed by atoms with E-state index in [0.29, 0.717) is 6.04 Å². The lowest BCUT2D eigenvalue weighted by Crippen LogP contribution is -2.37. The van der Waals surface area contributed by atoms with Crippen LogP contribution < -0.4 is 4.90 Å². The summed E-state index contributed by atoms with van der Waals surface area (Å²) in [5.74, 6) is 0.942. The van der Waals surface area contributed by atoms with E-state index in [2.05, 4.69) is 28.9 Å². The van der Waals surface area contributed by atoms with Gasteiger partial charge in [0, 0.05) is 19.6 Å². The Kier molecular flexibility index (Phi) is 3.97. The average molecular weight is 235 g/mol. The number of aromatic nitrogens is 1. The van der Waals surface area contributed by atoms with Crippen LogP contribution in [0.15, 0.2) is 18.2 Å². The molecule has 0 saturated carbocycles. The Morgan fingerprint density at radius 3 is 3.00 bits per heavy atom. The molecule has 1 aliphatic rings. The molecule has 94 valence electrons. The van der Waals surface area contributed by atoms with Crippen LogP contribution in [0.1, 0.15) is 18.5 Å². The molecule has 2 rings (SSSR count). The average Bonchev–Trinajstić information content (AvgIpc) is 2.75. The minimum Gasteiger partial charge on any atom is -0.390 e. The molecule has 1 N–H and O–H groups in total. The first-order valence-electron chi connectivity index (χ1n) is 6.19. The number of hydrogen-bond acceptors (Lipinski definition) is 4. The fraction of sp³-hybridized carbons (Fsp3) is 0.615. The van der Waals surface area contributed by atoms with Gasteiger partial charge in [0.15, 0.2) is 0 Å². The number of aliphatic hydroxyl groups is 1. The molecule has 0 spiro atoms. The predicted molar refractivity (Wildman–Crippen MR) is 69.1 cm³/mol. The minimum atomic E-state index is 0.00497. The molecule has 0 aromatic carbocycles. The lowest BCUT2D eigenvalue weighted by Gasteiger charge is -2.26. The predicted octanol–water partition coefficient (Wildman–Crippen LogP) is 1.10. The summed E-state index contributed by atoms with van der Waals surface area (Å²) in [7, 11) is 4.25. The van der Waals surface area contributed by atoms with Gasteiger partial charge in [0.2, 0.25) is 0 Å². The van der Waals surface area contributed by atoms with E-state index in [4.69, 9.17) is 5.11 Å². The highest BCUT2D eigenvalue weighted by Crippen LogP contribution is 2.18. The van der Waals surface area contributed by atoms with E-state index in [1.807, 2.05) is 18.2 Å². The number of aliphatic hydroxyl groups excluding tert-OH is 1. The van der Waals surface area contributed by atoms with Crippen molar-refractivity contribution in [1.82, 2.24) is 9.88 Å². The Hall–Kier alpha value is -1.13. The Labute approximate surface area is 103 Å². The lowest BCUT2D eigenvalue weighted by molar-refractivity contribution is 0.277. The zero-order valence-electron chi connectivity index (χ0n) is 10.6. The van der Waals surface area contributed by atoms with E-state index in [-0.39, 0.29) is 6.61 Å². The van der Waals surface area contributed by atoms with Gasteiger partial charge in [0.1, 0.15) is 5.82 Å². The molecule has 0 amide bonds. The minimum absolute atomic E-state index is 0.00497. The van der Waals surface area contributed by atoms with Crippen LogP contribution in [0.25, 0.3) is 0 Å². The molecule has 1 saturated heterocycles. The van der Waals surface area contributed by atoms with Crippen molar-refractivity contribution in [2.45, 2.75) is 25.5 Å². The molecule has 0 aliphatic carbocycles. The van der Waals surface area contributed by atoms with Gasteiger partial charge in [-0.2, -0.15) is 0 Å². The number of nitrogens with zero attached hydrogens (tertiary/aromatic N) is 3. The third-order valence-electron chi connectivity index (χ3n) is 3.50. The van der Waals surface area contributed by atoms with E-state index in [0.717, 1.165) is 18.1 Å². The second-order valence-electron chi connectivity index (χ2n) is 4.80. The van der Waals surface area contributed by atoms with Crippen molar-refractivity contribution in [3.05, 3.63) is 23.9 Å². The molecule has 1 aromatic heterocycles. The molecule has 2 heterocycles. The fourth-order valence-corrected chi connectivity index (χ4v) is 2.39. The first-order valence-corrected chi connectivity index (χ1v) is 6.19. The third-order valence-corrected chi connectivity index (χ3v) is 3.50. The van der Waals surface area contributed by atoms with Crippen molar-refractivity contribution in [3.8, 4) is 0 Å². The maximum Gasteiger partial charge on any atom is 0.128 e. The van der Waals surface area contributed by atoms with Gasteiger partial charge in [-0.3, -0.25) is 0 Å². The summed E-state index contributed by atoms with van der Waals surface area (Å²) in [4.78, 5) is 9.00. The zero-order valence-corrected chi connectivity index (χ0v) is 10.6. The van der Waals surface area contributed by atoms with Gasteiger partial charge >= 0.3 is 0 Å². The molecule has 4 heteroatoms. The summed E-state index contributed by atoms with van der Waals surface area (Å²) in [6.45, 7) is 2.20. The summed E-state index contributed by atoms with van der Waals surface area (Å²) in [6, 6.07) is 6.41.